The van der Waals surface area contributed by atoms with Gasteiger partial charge in [0.1, 0.15) is 0 Å². The first kappa shape index (κ1) is 16.1. The Morgan fingerprint density at radius 1 is 1.35 bits per heavy atom. The van der Waals surface area contributed by atoms with Crippen LogP contribution in [0.2, 0.25) is 0 Å². The first-order chi connectivity index (χ1) is 10.9. The SMILES string of the molecule is CC(C)n1ccc2cc(C(=O)N[C@H]3CCOC(C)(C)C3)ccc21. The third kappa shape index (κ3) is 3.42. The van der Waals surface area contributed by atoms with Gasteiger partial charge in [-0.1, -0.05) is 0 Å². The van der Waals surface area contributed by atoms with Gasteiger partial charge < -0.3 is 14.6 Å². The summed E-state index contributed by atoms with van der Waals surface area (Å²) in [7, 11) is 0. The van der Waals surface area contributed by atoms with Crippen molar-refractivity contribution >= 4 is 16.8 Å². The second-order valence-corrected chi connectivity index (χ2v) is 7.36. The maximum absolute atomic E-state index is 12.5. The van der Waals surface area contributed by atoms with E-state index in [0.717, 1.165) is 23.8 Å². The van der Waals surface area contributed by atoms with Gasteiger partial charge in [0.15, 0.2) is 0 Å². The lowest BCUT2D eigenvalue weighted by molar-refractivity contribution is -0.0615. The number of amides is 1. The Morgan fingerprint density at radius 3 is 2.83 bits per heavy atom. The monoisotopic (exact) mass is 314 g/mol. The lowest BCUT2D eigenvalue weighted by Gasteiger charge is -2.35. The minimum Gasteiger partial charge on any atom is -0.375 e. The highest BCUT2D eigenvalue weighted by molar-refractivity contribution is 5.98. The molecule has 4 heteroatoms. The van der Waals surface area contributed by atoms with Gasteiger partial charge >= 0.3 is 0 Å². The molecule has 4 nitrogen and oxygen atoms in total. The zero-order chi connectivity index (χ0) is 16.6. The zero-order valence-corrected chi connectivity index (χ0v) is 14.4. The molecule has 1 aliphatic heterocycles. The third-order valence-corrected chi connectivity index (χ3v) is 4.57. The summed E-state index contributed by atoms with van der Waals surface area (Å²) >= 11 is 0. The number of benzene rings is 1. The van der Waals surface area contributed by atoms with E-state index in [1.54, 1.807) is 0 Å². The van der Waals surface area contributed by atoms with Crippen molar-refractivity contribution in [3.05, 3.63) is 36.0 Å². The average molecular weight is 314 g/mol. The van der Waals surface area contributed by atoms with Crippen LogP contribution in [0.5, 0.6) is 0 Å². The predicted molar refractivity (Wildman–Crippen MR) is 92.8 cm³/mol. The van der Waals surface area contributed by atoms with Gasteiger partial charge in [-0.25, -0.2) is 0 Å². The Kier molecular flexibility index (Phi) is 4.19. The number of rotatable bonds is 3. The van der Waals surface area contributed by atoms with E-state index < -0.39 is 0 Å². The number of hydrogen-bond donors (Lipinski definition) is 1. The number of hydrogen-bond acceptors (Lipinski definition) is 2. The van der Waals surface area contributed by atoms with Crippen molar-refractivity contribution in [2.75, 3.05) is 6.61 Å². The Labute approximate surface area is 137 Å². The molecule has 0 saturated carbocycles. The summed E-state index contributed by atoms with van der Waals surface area (Å²) in [5.41, 5.74) is 1.74. The van der Waals surface area contributed by atoms with Gasteiger partial charge in [-0.05, 0) is 64.8 Å². The molecule has 1 N–H and O–H groups in total. The molecule has 124 valence electrons. The molecule has 1 saturated heterocycles. The van der Waals surface area contributed by atoms with E-state index in [4.69, 9.17) is 4.74 Å². The molecule has 1 atom stereocenters. The van der Waals surface area contributed by atoms with Crippen LogP contribution < -0.4 is 5.32 Å². The summed E-state index contributed by atoms with van der Waals surface area (Å²) in [4.78, 5) is 12.5. The van der Waals surface area contributed by atoms with Crippen LogP contribution in [0.3, 0.4) is 0 Å². The van der Waals surface area contributed by atoms with Gasteiger partial charge in [-0.3, -0.25) is 4.79 Å². The second kappa shape index (κ2) is 6.00. The summed E-state index contributed by atoms with van der Waals surface area (Å²) in [6.07, 6.45) is 3.81. The van der Waals surface area contributed by atoms with Crippen molar-refractivity contribution in [1.29, 1.82) is 0 Å². The molecular weight excluding hydrogens is 288 g/mol. The molecule has 0 unspecified atom stereocenters. The van der Waals surface area contributed by atoms with E-state index in [1.165, 1.54) is 5.52 Å². The lowest BCUT2D eigenvalue weighted by atomic mass is 9.93. The first-order valence-corrected chi connectivity index (χ1v) is 8.41. The smallest absolute Gasteiger partial charge is 0.251 e. The fourth-order valence-electron chi connectivity index (χ4n) is 3.38. The number of carbonyl (C=O) groups is 1. The molecule has 1 amide bonds. The normalized spacial score (nSPS) is 20.8. The van der Waals surface area contributed by atoms with Crippen LogP contribution in [0.15, 0.2) is 30.5 Å². The Balaban J connectivity index is 1.76. The number of ether oxygens (including phenoxy) is 1. The molecule has 1 aromatic carbocycles. The van der Waals surface area contributed by atoms with Crippen LogP contribution in [-0.2, 0) is 4.74 Å². The number of nitrogens with zero attached hydrogens (tertiary/aromatic N) is 1. The molecule has 0 bridgehead atoms. The predicted octanol–water partition coefficient (Wildman–Crippen LogP) is 3.91. The number of aromatic nitrogens is 1. The van der Waals surface area contributed by atoms with E-state index in [-0.39, 0.29) is 17.6 Å². The summed E-state index contributed by atoms with van der Waals surface area (Å²) in [5.74, 6) is 0.00639. The molecule has 0 spiro atoms. The third-order valence-electron chi connectivity index (χ3n) is 4.57. The summed E-state index contributed by atoms with van der Waals surface area (Å²) in [6, 6.07) is 8.61. The minimum absolute atomic E-state index is 0.00639. The van der Waals surface area contributed by atoms with Gasteiger partial charge in [0.25, 0.3) is 5.91 Å². The fraction of sp³-hybridized carbons (Fsp3) is 0.526. The van der Waals surface area contributed by atoms with Crippen molar-refractivity contribution in [2.45, 2.75) is 58.2 Å². The average Bonchev–Trinajstić information content (AvgIpc) is 2.89. The Hall–Kier alpha value is -1.81. The molecule has 1 aromatic heterocycles. The number of nitrogens with one attached hydrogen (secondary N) is 1. The topological polar surface area (TPSA) is 43.3 Å². The van der Waals surface area contributed by atoms with Gasteiger partial charge in [0.05, 0.1) is 5.60 Å². The maximum Gasteiger partial charge on any atom is 0.251 e. The standard InChI is InChI=1S/C19H26N2O2/c1-13(2)21-9-7-14-11-15(5-6-17(14)21)18(22)20-16-8-10-23-19(3,4)12-16/h5-7,9,11,13,16H,8,10,12H2,1-4H3,(H,20,22)/t16-/m0/s1. The maximum atomic E-state index is 12.5. The van der Waals surface area contributed by atoms with Gasteiger partial charge in [0.2, 0.25) is 0 Å². The first-order valence-electron chi connectivity index (χ1n) is 8.41. The molecule has 2 aromatic rings. The largest absolute Gasteiger partial charge is 0.375 e. The highest BCUT2D eigenvalue weighted by atomic mass is 16.5. The van der Waals surface area contributed by atoms with E-state index in [0.29, 0.717) is 12.6 Å². The quantitative estimate of drug-likeness (QED) is 0.933. The van der Waals surface area contributed by atoms with Crippen LogP contribution in [0.4, 0.5) is 0 Å². The molecular formula is C19H26N2O2. The highest BCUT2D eigenvalue weighted by Crippen LogP contribution is 2.25. The van der Waals surface area contributed by atoms with Crippen LogP contribution in [0, 0.1) is 0 Å². The van der Waals surface area contributed by atoms with Crippen molar-refractivity contribution in [2.24, 2.45) is 0 Å². The van der Waals surface area contributed by atoms with Crippen molar-refractivity contribution in [3.8, 4) is 0 Å². The van der Waals surface area contributed by atoms with E-state index >= 15 is 0 Å². The zero-order valence-electron chi connectivity index (χ0n) is 14.4. The van der Waals surface area contributed by atoms with E-state index in [2.05, 4.69) is 49.8 Å². The highest BCUT2D eigenvalue weighted by Gasteiger charge is 2.29. The van der Waals surface area contributed by atoms with Crippen LogP contribution >= 0.6 is 0 Å². The number of fused-ring (bicyclic) bond motifs is 1. The number of carbonyl (C=O) groups excluding carboxylic acids is 1. The fourth-order valence-corrected chi connectivity index (χ4v) is 3.38. The van der Waals surface area contributed by atoms with Gasteiger partial charge in [0, 0.05) is 41.4 Å². The lowest BCUT2D eigenvalue weighted by Crippen LogP contribution is -2.45. The van der Waals surface area contributed by atoms with Gasteiger partial charge in [-0.2, -0.15) is 0 Å². The van der Waals surface area contributed by atoms with E-state index in [1.807, 2.05) is 18.2 Å². The second-order valence-electron chi connectivity index (χ2n) is 7.36. The molecule has 1 fully saturated rings. The Bertz CT molecular complexity index is 715. The molecule has 0 radical (unpaired) electrons. The molecule has 2 heterocycles. The van der Waals surface area contributed by atoms with Crippen LogP contribution in [-0.4, -0.2) is 28.7 Å². The van der Waals surface area contributed by atoms with Crippen LogP contribution in [0.25, 0.3) is 10.9 Å². The van der Waals surface area contributed by atoms with E-state index in [9.17, 15) is 4.79 Å². The van der Waals surface area contributed by atoms with Crippen molar-refractivity contribution in [1.82, 2.24) is 9.88 Å². The minimum atomic E-state index is -0.158. The molecule has 23 heavy (non-hydrogen) atoms. The van der Waals surface area contributed by atoms with Crippen molar-refractivity contribution < 1.29 is 9.53 Å². The Morgan fingerprint density at radius 2 is 2.13 bits per heavy atom. The summed E-state index contributed by atoms with van der Waals surface area (Å²) in [6.45, 7) is 9.17. The van der Waals surface area contributed by atoms with Crippen LogP contribution in [0.1, 0.15) is 56.9 Å². The van der Waals surface area contributed by atoms with Gasteiger partial charge in [-0.15, -0.1) is 0 Å². The molecule has 3 rings (SSSR count). The molecule has 0 aliphatic carbocycles. The molecule has 1 aliphatic rings. The summed E-state index contributed by atoms with van der Waals surface area (Å²) in [5, 5.41) is 4.27. The van der Waals surface area contributed by atoms with Crippen molar-refractivity contribution in [3.63, 3.8) is 0 Å². The summed E-state index contributed by atoms with van der Waals surface area (Å²) < 4.78 is 7.93.